The van der Waals surface area contributed by atoms with Gasteiger partial charge in [0, 0.05) is 18.8 Å². The van der Waals surface area contributed by atoms with Crippen molar-refractivity contribution in [3.8, 4) is 5.82 Å². The van der Waals surface area contributed by atoms with Gasteiger partial charge in [-0.1, -0.05) is 13.0 Å². The Morgan fingerprint density at radius 2 is 2.32 bits per heavy atom. The smallest absolute Gasteiger partial charge is 0.254 e. The van der Waals surface area contributed by atoms with E-state index in [1.807, 2.05) is 25.1 Å². The van der Waals surface area contributed by atoms with Crippen LogP contribution in [0.25, 0.3) is 5.82 Å². The summed E-state index contributed by atoms with van der Waals surface area (Å²) >= 11 is 0. The highest BCUT2D eigenvalue weighted by atomic mass is 16.1. The maximum absolute atomic E-state index is 12.4. The number of nitrogens with two attached hydrogens (primary N) is 1. The third-order valence-electron chi connectivity index (χ3n) is 4.04. The summed E-state index contributed by atoms with van der Waals surface area (Å²) in [6.07, 6.45) is 6.37. The third kappa shape index (κ3) is 3.01. The summed E-state index contributed by atoms with van der Waals surface area (Å²) < 4.78 is 1.72. The summed E-state index contributed by atoms with van der Waals surface area (Å²) in [6, 6.07) is 5.68. The molecule has 1 amide bonds. The lowest BCUT2D eigenvalue weighted by atomic mass is 10.1. The molecule has 0 spiro atoms. The normalized spacial score (nSPS) is 15.5. The Morgan fingerprint density at radius 3 is 2.95 bits per heavy atom. The van der Waals surface area contributed by atoms with E-state index in [1.54, 1.807) is 17.1 Å². The van der Waals surface area contributed by atoms with Crippen LogP contribution in [0.1, 0.15) is 35.8 Å². The quantitative estimate of drug-likeness (QED) is 0.842. The maximum atomic E-state index is 12.4. The Kier molecular flexibility index (Phi) is 4.20. The number of hydrogen-bond donors (Lipinski definition) is 2. The molecule has 1 unspecified atom stereocenters. The van der Waals surface area contributed by atoms with Crippen molar-refractivity contribution in [1.29, 1.82) is 0 Å². The molecule has 3 N–H and O–H groups in total. The molecule has 116 valence electrons. The topological polar surface area (TPSA) is 85.8 Å². The highest BCUT2D eigenvalue weighted by Crippen LogP contribution is 2.31. The van der Waals surface area contributed by atoms with Gasteiger partial charge in [0.2, 0.25) is 0 Å². The first kappa shape index (κ1) is 14.7. The molecule has 1 aliphatic carbocycles. The first-order chi connectivity index (χ1) is 10.7. The van der Waals surface area contributed by atoms with Crippen molar-refractivity contribution >= 4 is 5.91 Å². The Labute approximate surface area is 129 Å². The second-order valence-corrected chi connectivity index (χ2v) is 5.67. The van der Waals surface area contributed by atoms with Gasteiger partial charge in [0.25, 0.3) is 5.91 Å². The number of rotatable bonds is 6. The largest absolute Gasteiger partial charge is 0.350 e. The summed E-state index contributed by atoms with van der Waals surface area (Å²) in [5.41, 5.74) is 7.48. The van der Waals surface area contributed by atoms with E-state index in [2.05, 4.69) is 15.4 Å². The zero-order valence-electron chi connectivity index (χ0n) is 12.7. The van der Waals surface area contributed by atoms with E-state index in [4.69, 9.17) is 5.73 Å². The van der Waals surface area contributed by atoms with Crippen LogP contribution in [0.3, 0.4) is 0 Å². The lowest BCUT2D eigenvalue weighted by molar-refractivity contribution is 0.0949. The van der Waals surface area contributed by atoms with E-state index < -0.39 is 0 Å². The van der Waals surface area contributed by atoms with Gasteiger partial charge < -0.3 is 11.1 Å². The van der Waals surface area contributed by atoms with Crippen LogP contribution < -0.4 is 11.1 Å². The van der Waals surface area contributed by atoms with Gasteiger partial charge in [-0.25, -0.2) is 9.67 Å². The summed E-state index contributed by atoms with van der Waals surface area (Å²) in [6.45, 7) is 2.52. The molecule has 1 saturated carbocycles. The Morgan fingerprint density at radius 1 is 1.50 bits per heavy atom. The van der Waals surface area contributed by atoms with Crippen molar-refractivity contribution in [2.45, 2.75) is 32.2 Å². The van der Waals surface area contributed by atoms with E-state index in [0.29, 0.717) is 30.3 Å². The summed E-state index contributed by atoms with van der Waals surface area (Å²) in [5.74, 6) is 1.17. The Balaban J connectivity index is 1.76. The SMILES string of the molecule is CCc1c(C(=O)NCC(N)C2CC2)cnn1-c1ccccn1. The number of nitrogens with one attached hydrogen (secondary N) is 1. The monoisotopic (exact) mass is 299 g/mol. The number of carbonyl (C=O) groups excluding carboxylic acids is 1. The summed E-state index contributed by atoms with van der Waals surface area (Å²) in [5, 5.41) is 7.24. The molecule has 3 rings (SSSR count). The summed E-state index contributed by atoms with van der Waals surface area (Å²) in [4.78, 5) is 16.7. The number of amides is 1. The third-order valence-corrected chi connectivity index (χ3v) is 4.04. The van der Waals surface area contributed by atoms with Crippen LogP contribution in [0.5, 0.6) is 0 Å². The number of carbonyl (C=O) groups is 1. The second-order valence-electron chi connectivity index (χ2n) is 5.67. The average molecular weight is 299 g/mol. The minimum absolute atomic E-state index is 0.0554. The van der Waals surface area contributed by atoms with Crippen LogP contribution in [0.15, 0.2) is 30.6 Å². The van der Waals surface area contributed by atoms with E-state index in [-0.39, 0.29) is 11.9 Å². The van der Waals surface area contributed by atoms with Crippen molar-refractivity contribution in [2.75, 3.05) is 6.54 Å². The van der Waals surface area contributed by atoms with Crippen LogP contribution in [-0.4, -0.2) is 33.3 Å². The fourth-order valence-corrected chi connectivity index (χ4v) is 2.58. The zero-order chi connectivity index (χ0) is 15.5. The molecule has 1 fully saturated rings. The molecule has 22 heavy (non-hydrogen) atoms. The molecule has 1 aliphatic rings. The first-order valence-corrected chi connectivity index (χ1v) is 7.72. The standard InChI is InChI=1S/C16H21N5O/c1-2-14-12(16(22)19-10-13(17)11-6-7-11)9-20-21(14)15-5-3-4-8-18-15/h3-5,8-9,11,13H,2,6-7,10,17H2,1H3,(H,19,22). The van der Waals surface area contributed by atoms with Gasteiger partial charge >= 0.3 is 0 Å². The highest BCUT2D eigenvalue weighted by molar-refractivity contribution is 5.95. The lowest BCUT2D eigenvalue weighted by Crippen LogP contribution is -2.38. The van der Waals surface area contributed by atoms with Crippen molar-refractivity contribution in [2.24, 2.45) is 11.7 Å². The second kappa shape index (κ2) is 6.27. The average Bonchev–Trinajstić information content (AvgIpc) is 3.31. The minimum atomic E-state index is -0.116. The highest BCUT2D eigenvalue weighted by Gasteiger charge is 2.29. The van der Waals surface area contributed by atoms with Gasteiger partial charge in [-0.3, -0.25) is 4.79 Å². The molecule has 2 heterocycles. The molecule has 0 bridgehead atoms. The Bertz CT molecular complexity index is 648. The fourth-order valence-electron chi connectivity index (χ4n) is 2.58. The summed E-state index contributed by atoms with van der Waals surface area (Å²) in [7, 11) is 0. The van der Waals surface area contributed by atoms with Crippen LogP contribution in [-0.2, 0) is 6.42 Å². The van der Waals surface area contributed by atoms with E-state index in [0.717, 1.165) is 5.69 Å². The number of hydrogen-bond acceptors (Lipinski definition) is 4. The molecule has 6 heteroatoms. The van der Waals surface area contributed by atoms with E-state index >= 15 is 0 Å². The molecular formula is C16H21N5O. The molecular weight excluding hydrogens is 278 g/mol. The predicted molar refractivity (Wildman–Crippen MR) is 83.8 cm³/mol. The van der Waals surface area contributed by atoms with Gasteiger partial charge in [0.05, 0.1) is 17.5 Å². The van der Waals surface area contributed by atoms with Crippen LogP contribution in [0.2, 0.25) is 0 Å². The number of pyridine rings is 1. The van der Waals surface area contributed by atoms with Crippen molar-refractivity contribution < 1.29 is 4.79 Å². The number of aromatic nitrogens is 3. The van der Waals surface area contributed by atoms with Crippen molar-refractivity contribution in [3.05, 3.63) is 41.9 Å². The van der Waals surface area contributed by atoms with Gasteiger partial charge in [0.15, 0.2) is 5.82 Å². The van der Waals surface area contributed by atoms with Crippen LogP contribution in [0.4, 0.5) is 0 Å². The van der Waals surface area contributed by atoms with E-state index in [1.165, 1.54) is 12.8 Å². The van der Waals surface area contributed by atoms with Crippen LogP contribution in [0, 0.1) is 5.92 Å². The molecule has 0 aromatic carbocycles. The number of nitrogens with zero attached hydrogens (tertiary/aromatic N) is 3. The van der Waals surface area contributed by atoms with Gasteiger partial charge in [-0.05, 0) is 37.3 Å². The molecule has 6 nitrogen and oxygen atoms in total. The van der Waals surface area contributed by atoms with Gasteiger partial charge in [-0.15, -0.1) is 0 Å². The molecule has 2 aromatic heterocycles. The molecule has 0 radical (unpaired) electrons. The molecule has 0 aliphatic heterocycles. The Hall–Kier alpha value is -2.21. The van der Waals surface area contributed by atoms with Gasteiger partial charge in [0.1, 0.15) is 0 Å². The maximum Gasteiger partial charge on any atom is 0.254 e. The predicted octanol–water partition coefficient (Wildman–Crippen LogP) is 1.30. The van der Waals surface area contributed by atoms with Crippen molar-refractivity contribution in [1.82, 2.24) is 20.1 Å². The first-order valence-electron chi connectivity index (χ1n) is 7.72. The molecule has 1 atom stereocenters. The fraction of sp³-hybridized carbons (Fsp3) is 0.438. The zero-order valence-corrected chi connectivity index (χ0v) is 12.7. The molecule has 0 saturated heterocycles. The van der Waals surface area contributed by atoms with Gasteiger partial charge in [-0.2, -0.15) is 5.10 Å². The van der Waals surface area contributed by atoms with E-state index in [9.17, 15) is 4.79 Å². The lowest BCUT2D eigenvalue weighted by Gasteiger charge is -2.12. The van der Waals surface area contributed by atoms with Crippen molar-refractivity contribution in [3.63, 3.8) is 0 Å². The van der Waals surface area contributed by atoms with Crippen LogP contribution >= 0.6 is 0 Å². The molecule has 2 aromatic rings. The minimum Gasteiger partial charge on any atom is -0.350 e.